The molecule has 8 heteroatoms. The van der Waals surface area contributed by atoms with Gasteiger partial charge in [-0.15, -0.1) is 45.1 Å². The molecule has 4 heterocycles. The highest BCUT2D eigenvalue weighted by molar-refractivity contribution is 7.34. The van der Waals surface area contributed by atoms with Crippen molar-refractivity contribution in [2.24, 2.45) is 0 Å². The first-order valence-electron chi connectivity index (χ1n) is 22.3. The summed E-state index contributed by atoms with van der Waals surface area (Å²) >= 11 is 5.61. The average Bonchev–Trinajstić information content (AvgIpc) is 3.87. The van der Waals surface area contributed by atoms with Crippen molar-refractivity contribution < 1.29 is 9.31 Å². The molecule has 1 aromatic carbocycles. The van der Waals surface area contributed by atoms with E-state index in [0.717, 1.165) is 11.2 Å². The molecule has 4 aromatic rings. The van der Waals surface area contributed by atoms with Crippen molar-refractivity contribution in [1.29, 1.82) is 0 Å². The molecule has 0 amide bonds. The largest absolute Gasteiger partial charge is 0.505 e. The van der Waals surface area contributed by atoms with Crippen LogP contribution < -0.4 is 4.78 Å². The lowest BCUT2D eigenvalue weighted by Gasteiger charge is -2.38. The third-order valence-electron chi connectivity index (χ3n) is 13.9. The maximum Gasteiger partial charge on any atom is 0.505 e. The molecular weight excluding hydrogens is 796 g/mol. The average molecular weight is 869 g/mol. The number of benzene rings is 1. The highest BCUT2D eigenvalue weighted by Gasteiger charge is 2.52. The Kier molecular flexibility index (Phi) is 15.1. The van der Waals surface area contributed by atoms with Gasteiger partial charge in [0, 0.05) is 19.9 Å². The Morgan fingerprint density at radius 1 is 0.621 bits per heavy atom. The monoisotopic (exact) mass is 868 g/mol. The first-order valence-corrected chi connectivity index (χ1v) is 29.3. The summed E-state index contributed by atoms with van der Waals surface area (Å²) in [6.45, 7) is 39.7. The van der Waals surface area contributed by atoms with Crippen molar-refractivity contribution >= 4 is 71.5 Å². The van der Waals surface area contributed by atoms with Crippen LogP contribution in [0, 0.1) is 22.9 Å². The first kappa shape index (κ1) is 47.2. The van der Waals surface area contributed by atoms with E-state index in [1.807, 2.05) is 22.7 Å². The van der Waals surface area contributed by atoms with E-state index < -0.39 is 16.1 Å². The molecule has 314 valence electrons. The standard InChI is InChI=1S/C50H73BO2S3Si2/c1-18-19-20-21-22-41-31-43(44(54-41)28-30-58(36(8)9,37(10)11)38(12)13)39-23-25-40(26-24-39)47-42(27-29-57(33(2)3,34(4)5)35(6)7)48-45(55-47)32-46(56-48)51-52-49(14,15)50(16,17)53-51/h23-26,31-38H,18-22H2,1-17H3. The number of fused-ring (bicyclic) bond motifs is 1. The summed E-state index contributed by atoms with van der Waals surface area (Å²) in [5, 5.41) is 0. The Labute approximate surface area is 368 Å². The van der Waals surface area contributed by atoms with E-state index in [4.69, 9.17) is 9.31 Å². The van der Waals surface area contributed by atoms with Gasteiger partial charge in [0.2, 0.25) is 0 Å². The zero-order valence-electron chi connectivity index (χ0n) is 39.1. The zero-order chi connectivity index (χ0) is 43.0. The minimum atomic E-state index is -1.98. The predicted molar refractivity (Wildman–Crippen MR) is 268 cm³/mol. The highest BCUT2D eigenvalue weighted by atomic mass is 32.1. The fourth-order valence-corrected chi connectivity index (χ4v) is 24.0. The van der Waals surface area contributed by atoms with Gasteiger partial charge in [0.05, 0.1) is 31.2 Å². The summed E-state index contributed by atoms with van der Waals surface area (Å²) in [7, 11) is -4.23. The lowest BCUT2D eigenvalue weighted by Crippen LogP contribution is -2.43. The number of rotatable bonds is 14. The Hall–Kier alpha value is -1.88. The SMILES string of the molecule is CCCCCCc1cc(-c2ccc(-c3sc4cc(B5OC(C)(C)C(C)(C)O5)sc4c3C#C[Si](C(C)C)(C(C)C)C(C)C)cc2)c(C#C[Si](C(C)C)(C(C)C)C(C)C)s1. The molecule has 1 saturated heterocycles. The Morgan fingerprint density at radius 2 is 1.12 bits per heavy atom. The molecule has 0 saturated carbocycles. The maximum atomic E-state index is 6.54. The maximum absolute atomic E-state index is 6.54. The number of hydrogen-bond donors (Lipinski definition) is 0. The van der Waals surface area contributed by atoms with Crippen LogP contribution in [0.2, 0.25) is 33.2 Å². The summed E-state index contributed by atoms with van der Waals surface area (Å²) in [6.07, 6.45) is 6.23. The van der Waals surface area contributed by atoms with Gasteiger partial charge in [-0.3, -0.25) is 0 Å². The summed E-state index contributed by atoms with van der Waals surface area (Å²) in [5.41, 5.74) is 15.9. The molecule has 0 N–H and O–H groups in total. The van der Waals surface area contributed by atoms with Gasteiger partial charge in [0.1, 0.15) is 16.1 Å². The third-order valence-corrected chi connectivity index (χ3v) is 30.1. The Bertz CT molecular complexity index is 2080. The van der Waals surface area contributed by atoms with Gasteiger partial charge in [-0.05, 0) is 97.0 Å². The van der Waals surface area contributed by atoms with E-state index >= 15 is 0 Å². The van der Waals surface area contributed by atoms with Crippen LogP contribution in [0.25, 0.3) is 31.0 Å². The second-order valence-electron chi connectivity index (χ2n) is 19.9. The lowest BCUT2D eigenvalue weighted by molar-refractivity contribution is 0.00578. The number of unbranched alkanes of at least 4 members (excludes halogenated alkanes) is 3. The van der Waals surface area contributed by atoms with E-state index in [1.165, 1.54) is 72.0 Å². The van der Waals surface area contributed by atoms with Crippen LogP contribution in [0.3, 0.4) is 0 Å². The molecule has 0 unspecified atom stereocenters. The Balaban J connectivity index is 1.63. The molecular formula is C50H73BO2S3Si2. The van der Waals surface area contributed by atoms with Gasteiger partial charge < -0.3 is 9.31 Å². The van der Waals surface area contributed by atoms with E-state index in [2.05, 4.69) is 177 Å². The number of thiophene rings is 3. The van der Waals surface area contributed by atoms with E-state index in [9.17, 15) is 0 Å². The van der Waals surface area contributed by atoms with Crippen molar-refractivity contribution in [3.05, 3.63) is 51.7 Å². The fraction of sp³-hybridized carbons (Fsp3) is 0.600. The van der Waals surface area contributed by atoms with E-state index in [1.54, 1.807) is 11.3 Å². The summed E-state index contributed by atoms with van der Waals surface area (Å²) in [6, 6.07) is 14.1. The summed E-state index contributed by atoms with van der Waals surface area (Å²) < 4.78 is 16.7. The van der Waals surface area contributed by atoms with Crippen molar-refractivity contribution in [3.8, 4) is 44.5 Å². The molecule has 5 rings (SSSR count). The predicted octanol–water partition coefficient (Wildman–Crippen LogP) is 15.9. The second kappa shape index (κ2) is 18.6. The molecule has 1 fully saturated rings. The lowest BCUT2D eigenvalue weighted by atomic mass is 9.88. The van der Waals surface area contributed by atoms with Crippen LogP contribution in [0.4, 0.5) is 0 Å². The van der Waals surface area contributed by atoms with E-state index in [-0.39, 0.29) is 18.3 Å². The molecule has 1 aliphatic heterocycles. The normalized spacial score (nSPS) is 15.7. The smallest absolute Gasteiger partial charge is 0.399 e. The van der Waals surface area contributed by atoms with Crippen molar-refractivity contribution in [1.82, 2.24) is 0 Å². The molecule has 0 aliphatic carbocycles. The van der Waals surface area contributed by atoms with Gasteiger partial charge in [-0.25, -0.2) is 0 Å². The van der Waals surface area contributed by atoms with Crippen molar-refractivity contribution in [3.63, 3.8) is 0 Å². The van der Waals surface area contributed by atoms with Gasteiger partial charge >= 0.3 is 7.12 Å². The number of aryl methyl sites for hydroxylation is 1. The van der Waals surface area contributed by atoms with Crippen molar-refractivity contribution in [2.45, 2.75) is 194 Å². The fourth-order valence-electron chi connectivity index (χ4n) is 9.90. The van der Waals surface area contributed by atoms with Gasteiger partial charge in [-0.1, -0.05) is 145 Å². The summed E-state index contributed by atoms with van der Waals surface area (Å²) in [4.78, 5) is 3.98. The van der Waals surface area contributed by atoms with Crippen LogP contribution in [0.15, 0.2) is 36.4 Å². The molecule has 0 spiro atoms. The highest BCUT2D eigenvalue weighted by Crippen LogP contribution is 2.46. The zero-order valence-corrected chi connectivity index (χ0v) is 43.5. The van der Waals surface area contributed by atoms with Crippen LogP contribution in [0.5, 0.6) is 0 Å². The first-order chi connectivity index (χ1) is 27.1. The van der Waals surface area contributed by atoms with Gasteiger partial charge in [0.25, 0.3) is 0 Å². The minimum Gasteiger partial charge on any atom is -0.399 e. The minimum absolute atomic E-state index is 0.373. The van der Waals surface area contributed by atoms with Gasteiger partial charge in [-0.2, -0.15) is 0 Å². The topological polar surface area (TPSA) is 18.5 Å². The second-order valence-corrected chi connectivity index (χ2v) is 34.3. The third kappa shape index (κ3) is 9.16. The molecule has 58 heavy (non-hydrogen) atoms. The summed E-state index contributed by atoms with van der Waals surface area (Å²) in [5.74, 6) is 7.82. The quantitative estimate of drug-likeness (QED) is 0.0714. The van der Waals surface area contributed by atoms with Gasteiger partial charge in [0.15, 0.2) is 0 Å². The Morgan fingerprint density at radius 3 is 1.62 bits per heavy atom. The van der Waals surface area contributed by atoms with Crippen LogP contribution >= 0.6 is 34.0 Å². The van der Waals surface area contributed by atoms with Crippen LogP contribution in [-0.4, -0.2) is 34.5 Å². The molecule has 0 bridgehead atoms. The van der Waals surface area contributed by atoms with Crippen LogP contribution in [0.1, 0.15) is 159 Å². The molecule has 3 aromatic heterocycles. The van der Waals surface area contributed by atoms with E-state index in [0.29, 0.717) is 33.2 Å². The molecule has 0 atom stereocenters. The molecule has 0 radical (unpaired) electrons. The molecule has 1 aliphatic rings. The number of hydrogen-bond acceptors (Lipinski definition) is 5. The van der Waals surface area contributed by atoms with Crippen molar-refractivity contribution in [2.75, 3.05) is 0 Å². The van der Waals surface area contributed by atoms with Crippen LogP contribution in [-0.2, 0) is 15.7 Å². The molecule has 2 nitrogen and oxygen atoms in total.